The molecule has 0 N–H and O–H groups in total. The quantitative estimate of drug-likeness (QED) is 0.777. The molecule has 1 unspecified atom stereocenters. The van der Waals surface area contributed by atoms with E-state index in [9.17, 15) is 14.4 Å². The third-order valence-corrected chi connectivity index (χ3v) is 5.19. The molecule has 142 valence electrons. The normalized spacial score (nSPS) is 22.3. The molecule has 0 aromatic carbocycles. The zero-order chi connectivity index (χ0) is 18.6. The van der Waals surface area contributed by atoms with Crippen molar-refractivity contribution in [1.29, 1.82) is 0 Å². The van der Waals surface area contributed by atoms with E-state index >= 15 is 0 Å². The molecular formula is C19H33N3O3. The first-order valence-corrected chi connectivity index (χ1v) is 9.61. The third-order valence-electron chi connectivity index (χ3n) is 5.19. The standard InChI is InChI=1S/C19H33N3O3/c1-5-6-8-16(23)20-9-7-10-21(12-11-20)18(25)15-13-17(24)22(14-15)19(2,3)4/h15H,5-14H2,1-4H3. The van der Waals surface area contributed by atoms with E-state index in [0.717, 1.165) is 25.8 Å². The molecule has 1 atom stereocenters. The second-order valence-electron chi connectivity index (χ2n) is 8.24. The Labute approximate surface area is 151 Å². The highest BCUT2D eigenvalue weighted by molar-refractivity contribution is 5.89. The van der Waals surface area contributed by atoms with Gasteiger partial charge in [0.2, 0.25) is 17.7 Å². The maximum Gasteiger partial charge on any atom is 0.228 e. The van der Waals surface area contributed by atoms with Gasteiger partial charge in [-0.1, -0.05) is 13.3 Å². The predicted octanol–water partition coefficient (Wildman–Crippen LogP) is 1.88. The van der Waals surface area contributed by atoms with Gasteiger partial charge in [-0.2, -0.15) is 0 Å². The van der Waals surface area contributed by atoms with Crippen molar-refractivity contribution in [2.45, 2.75) is 65.3 Å². The van der Waals surface area contributed by atoms with E-state index in [1.807, 2.05) is 35.5 Å². The van der Waals surface area contributed by atoms with Crippen LogP contribution in [0.1, 0.15) is 59.8 Å². The Balaban J connectivity index is 1.91. The summed E-state index contributed by atoms with van der Waals surface area (Å²) in [6.07, 6.45) is 3.66. The van der Waals surface area contributed by atoms with Crippen LogP contribution in [0.4, 0.5) is 0 Å². The average molecular weight is 351 g/mol. The Bertz CT molecular complexity index is 513. The van der Waals surface area contributed by atoms with Gasteiger partial charge in [-0.15, -0.1) is 0 Å². The first kappa shape index (κ1) is 19.7. The van der Waals surface area contributed by atoms with Gasteiger partial charge in [-0.3, -0.25) is 14.4 Å². The number of unbranched alkanes of at least 4 members (excludes halogenated alkanes) is 1. The van der Waals surface area contributed by atoms with Crippen LogP contribution in [0, 0.1) is 5.92 Å². The van der Waals surface area contributed by atoms with Crippen LogP contribution in [0.25, 0.3) is 0 Å². The maximum atomic E-state index is 12.9. The van der Waals surface area contributed by atoms with Gasteiger partial charge in [0.15, 0.2) is 0 Å². The van der Waals surface area contributed by atoms with Gasteiger partial charge < -0.3 is 14.7 Å². The number of nitrogens with zero attached hydrogens (tertiary/aromatic N) is 3. The Kier molecular flexibility index (Phi) is 6.47. The summed E-state index contributed by atoms with van der Waals surface area (Å²) in [5.41, 5.74) is -0.243. The number of carbonyl (C=O) groups excluding carboxylic acids is 3. The molecule has 2 rings (SSSR count). The van der Waals surface area contributed by atoms with E-state index in [1.54, 1.807) is 0 Å². The lowest BCUT2D eigenvalue weighted by atomic mass is 10.1. The molecule has 0 spiro atoms. The Morgan fingerprint density at radius 1 is 1.08 bits per heavy atom. The van der Waals surface area contributed by atoms with Gasteiger partial charge >= 0.3 is 0 Å². The molecule has 2 aliphatic rings. The van der Waals surface area contributed by atoms with Gasteiger partial charge in [-0.05, 0) is 33.6 Å². The van der Waals surface area contributed by atoms with Crippen molar-refractivity contribution in [3.05, 3.63) is 0 Å². The predicted molar refractivity (Wildman–Crippen MR) is 96.9 cm³/mol. The van der Waals surface area contributed by atoms with Crippen LogP contribution < -0.4 is 0 Å². The molecule has 2 heterocycles. The number of likely N-dealkylation sites (tertiary alicyclic amines) is 1. The fraction of sp³-hybridized carbons (Fsp3) is 0.842. The number of carbonyl (C=O) groups is 3. The first-order valence-electron chi connectivity index (χ1n) is 9.61. The molecule has 0 saturated carbocycles. The smallest absolute Gasteiger partial charge is 0.228 e. The van der Waals surface area contributed by atoms with Crippen molar-refractivity contribution >= 4 is 17.7 Å². The molecule has 2 fully saturated rings. The highest BCUT2D eigenvalue weighted by Crippen LogP contribution is 2.27. The Morgan fingerprint density at radius 2 is 1.72 bits per heavy atom. The molecule has 0 aromatic heterocycles. The van der Waals surface area contributed by atoms with Gasteiger partial charge in [0.25, 0.3) is 0 Å². The molecule has 2 aliphatic heterocycles. The molecule has 6 nitrogen and oxygen atoms in total. The second-order valence-corrected chi connectivity index (χ2v) is 8.24. The maximum absolute atomic E-state index is 12.9. The number of hydrogen-bond donors (Lipinski definition) is 0. The fourth-order valence-electron chi connectivity index (χ4n) is 3.65. The summed E-state index contributed by atoms with van der Waals surface area (Å²) in [5, 5.41) is 0. The summed E-state index contributed by atoms with van der Waals surface area (Å²) in [6.45, 7) is 11.2. The van der Waals surface area contributed by atoms with Gasteiger partial charge in [0, 0.05) is 51.1 Å². The van der Waals surface area contributed by atoms with E-state index < -0.39 is 0 Å². The van der Waals surface area contributed by atoms with Crippen LogP contribution in [0.2, 0.25) is 0 Å². The molecular weight excluding hydrogens is 318 g/mol. The van der Waals surface area contributed by atoms with Crippen LogP contribution in [0.15, 0.2) is 0 Å². The zero-order valence-corrected chi connectivity index (χ0v) is 16.2. The van der Waals surface area contributed by atoms with Crippen molar-refractivity contribution in [1.82, 2.24) is 14.7 Å². The minimum atomic E-state index is -0.243. The summed E-state index contributed by atoms with van der Waals surface area (Å²) in [6, 6.07) is 0. The molecule has 2 saturated heterocycles. The average Bonchev–Trinajstić information content (AvgIpc) is 2.79. The monoisotopic (exact) mass is 351 g/mol. The molecule has 0 bridgehead atoms. The first-order chi connectivity index (χ1) is 11.7. The molecule has 3 amide bonds. The van der Waals surface area contributed by atoms with Crippen molar-refractivity contribution in [2.75, 3.05) is 32.7 Å². The minimum absolute atomic E-state index is 0.0667. The highest BCUT2D eigenvalue weighted by Gasteiger charge is 2.41. The van der Waals surface area contributed by atoms with Crippen LogP contribution in [-0.2, 0) is 14.4 Å². The number of amides is 3. The van der Waals surface area contributed by atoms with E-state index in [0.29, 0.717) is 39.0 Å². The van der Waals surface area contributed by atoms with E-state index in [-0.39, 0.29) is 29.2 Å². The van der Waals surface area contributed by atoms with E-state index in [1.165, 1.54) is 0 Å². The SMILES string of the molecule is CCCCC(=O)N1CCCN(C(=O)C2CC(=O)N(C(C)(C)C)C2)CC1. The summed E-state index contributed by atoms with van der Waals surface area (Å²) in [5.74, 6) is 0.0974. The van der Waals surface area contributed by atoms with E-state index in [4.69, 9.17) is 0 Å². The van der Waals surface area contributed by atoms with Crippen molar-refractivity contribution in [3.8, 4) is 0 Å². The molecule has 0 aliphatic carbocycles. The lowest BCUT2D eigenvalue weighted by Crippen LogP contribution is -2.44. The lowest BCUT2D eigenvalue weighted by Gasteiger charge is -2.32. The second kappa shape index (κ2) is 8.19. The highest BCUT2D eigenvalue weighted by atomic mass is 16.2. The third kappa shape index (κ3) is 4.95. The Morgan fingerprint density at radius 3 is 2.32 bits per heavy atom. The topological polar surface area (TPSA) is 60.9 Å². The van der Waals surface area contributed by atoms with Crippen LogP contribution in [0.5, 0.6) is 0 Å². The molecule has 25 heavy (non-hydrogen) atoms. The van der Waals surface area contributed by atoms with Gasteiger partial charge in [0.05, 0.1) is 5.92 Å². The summed E-state index contributed by atoms with van der Waals surface area (Å²) >= 11 is 0. The summed E-state index contributed by atoms with van der Waals surface area (Å²) in [4.78, 5) is 42.9. The number of rotatable bonds is 4. The summed E-state index contributed by atoms with van der Waals surface area (Å²) in [7, 11) is 0. The van der Waals surface area contributed by atoms with Gasteiger partial charge in [0.1, 0.15) is 0 Å². The Hall–Kier alpha value is -1.59. The molecule has 6 heteroatoms. The number of hydrogen-bond acceptors (Lipinski definition) is 3. The zero-order valence-electron chi connectivity index (χ0n) is 16.2. The minimum Gasteiger partial charge on any atom is -0.341 e. The molecule has 0 radical (unpaired) electrons. The fourth-order valence-corrected chi connectivity index (χ4v) is 3.65. The van der Waals surface area contributed by atoms with Crippen molar-refractivity contribution < 1.29 is 14.4 Å². The van der Waals surface area contributed by atoms with Crippen LogP contribution in [0.3, 0.4) is 0 Å². The van der Waals surface area contributed by atoms with Crippen LogP contribution >= 0.6 is 0 Å². The van der Waals surface area contributed by atoms with Crippen molar-refractivity contribution in [2.24, 2.45) is 5.92 Å². The van der Waals surface area contributed by atoms with Gasteiger partial charge in [-0.25, -0.2) is 0 Å². The molecule has 0 aromatic rings. The lowest BCUT2D eigenvalue weighted by molar-refractivity contribution is -0.136. The summed E-state index contributed by atoms with van der Waals surface area (Å²) < 4.78 is 0. The van der Waals surface area contributed by atoms with E-state index in [2.05, 4.69) is 6.92 Å². The largest absolute Gasteiger partial charge is 0.341 e. The van der Waals surface area contributed by atoms with Crippen molar-refractivity contribution in [3.63, 3.8) is 0 Å². The van der Waals surface area contributed by atoms with Crippen LogP contribution in [-0.4, -0.2) is 70.7 Å².